The summed E-state index contributed by atoms with van der Waals surface area (Å²) in [7, 11) is 0. The summed E-state index contributed by atoms with van der Waals surface area (Å²) in [5.74, 6) is 2.74. The van der Waals surface area contributed by atoms with Gasteiger partial charge in [-0.25, -0.2) is 9.98 Å². The highest BCUT2D eigenvalue weighted by molar-refractivity contribution is 14.0. The molecule has 28 heavy (non-hydrogen) atoms. The number of aliphatic imine (C=N–C) groups is 1. The van der Waals surface area contributed by atoms with Crippen LogP contribution in [-0.2, 0) is 18.5 Å². The molecule has 3 N–H and O–H groups in total. The van der Waals surface area contributed by atoms with Crippen molar-refractivity contribution in [2.24, 2.45) is 4.99 Å². The van der Waals surface area contributed by atoms with Crippen molar-refractivity contribution in [1.29, 1.82) is 0 Å². The van der Waals surface area contributed by atoms with E-state index >= 15 is 0 Å². The lowest BCUT2D eigenvalue weighted by Gasteiger charge is -2.13. The van der Waals surface area contributed by atoms with Crippen LogP contribution in [0.25, 0.3) is 0 Å². The summed E-state index contributed by atoms with van der Waals surface area (Å²) in [6.45, 7) is 12.3. The molecule has 1 heterocycles. The molecule has 0 radical (unpaired) electrons. The van der Waals surface area contributed by atoms with Crippen molar-refractivity contribution in [2.45, 2.75) is 53.1 Å². The summed E-state index contributed by atoms with van der Waals surface area (Å²) in [5.41, 5.74) is 0.876. The van der Waals surface area contributed by atoms with Crippen molar-refractivity contribution in [1.82, 2.24) is 15.6 Å². The molecule has 0 bridgehead atoms. The van der Waals surface area contributed by atoms with Gasteiger partial charge in [-0.1, -0.05) is 26.8 Å². The molecule has 156 valence electrons. The number of benzene rings is 1. The second-order valence-corrected chi connectivity index (χ2v) is 7.15. The molecule has 0 amide bonds. The highest BCUT2D eigenvalue weighted by Crippen LogP contribution is 2.27. The maximum Gasteiger partial charge on any atom is 0.213 e. The summed E-state index contributed by atoms with van der Waals surface area (Å²) in [6.07, 6.45) is 1.77. The van der Waals surface area contributed by atoms with Gasteiger partial charge >= 0.3 is 0 Å². The monoisotopic (exact) mass is 502 g/mol. The van der Waals surface area contributed by atoms with Crippen LogP contribution in [0.2, 0.25) is 0 Å². The molecule has 0 saturated carbocycles. The topological polar surface area (TPSA) is 91.9 Å². The lowest BCUT2D eigenvalue weighted by Crippen LogP contribution is -2.36. The highest BCUT2D eigenvalue weighted by Gasteiger charge is 2.19. The molecule has 0 aliphatic heterocycles. The molecule has 1 aromatic heterocycles. The molecule has 0 spiro atoms. The third-order valence-electron chi connectivity index (χ3n) is 3.79. The SMILES string of the molecule is CCNC(=NCc1ccc(O)c(OCC)c1)NCc1ncc(C(C)(C)C)o1.I. The fourth-order valence-electron chi connectivity index (χ4n) is 2.34. The molecular formula is C20H31IN4O3. The van der Waals surface area contributed by atoms with E-state index in [1.54, 1.807) is 18.3 Å². The number of aromatic hydroxyl groups is 1. The zero-order valence-corrected chi connectivity index (χ0v) is 19.5. The molecular weight excluding hydrogens is 471 g/mol. The van der Waals surface area contributed by atoms with Gasteiger partial charge in [-0.3, -0.25) is 0 Å². The number of rotatable bonds is 7. The number of aromatic nitrogens is 1. The summed E-state index contributed by atoms with van der Waals surface area (Å²) >= 11 is 0. The number of hydrogen-bond acceptors (Lipinski definition) is 5. The Morgan fingerprint density at radius 3 is 2.61 bits per heavy atom. The first-order chi connectivity index (χ1) is 12.8. The Hall–Kier alpha value is -1.97. The molecule has 2 rings (SSSR count). The predicted molar refractivity (Wildman–Crippen MR) is 122 cm³/mol. The first kappa shape index (κ1) is 24.1. The zero-order valence-electron chi connectivity index (χ0n) is 17.2. The number of halogens is 1. The van der Waals surface area contributed by atoms with Crippen LogP contribution in [-0.4, -0.2) is 29.2 Å². The first-order valence-corrected chi connectivity index (χ1v) is 9.25. The van der Waals surface area contributed by atoms with Gasteiger partial charge in [-0.2, -0.15) is 0 Å². The molecule has 8 heteroatoms. The van der Waals surface area contributed by atoms with Gasteiger partial charge in [0.2, 0.25) is 5.89 Å². The second kappa shape index (κ2) is 11.1. The Morgan fingerprint density at radius 1 is 1.25 bits per heavy atom. The summed E-state index contributed by atoms with van der Waals surface area (Å²) < 4.78 is 11.2. The number of nitrogens with one attached hydrogen (secondary N) is 2. The Balaban J connectivity index is 0.00000392. The summed E-state index contributed by atoms with van der Waals surface area (Å²) in [4.78, 5) is 8.89. The number of phenolic OH excluding ortho intramolecular Hbond substituents is 1. The van der Waals surface area contributed by atoms with Crippen molar-refractivity contribution >= 4 is 29.9 Å². The minimum atomic E-state index is -0.0685. The van der Waals surface area contributed by atoms with E-state index in [1.165, 1.54) is 0 Å². The fourth-order valence-corrected chi connectivity index (χ4v) is 2.34. The van der Waals surface area contributed by atoms with Gasteiger partial charge in [0.05, 0.1) is 25.9 Å². The van der Waals surface area contributed by atoms with Crippen molar-refractivity contribution in [3.8, 4) is 11.5 Å². The van der Waals surface area contributed by atoms with Gasteiger partial charge in [-0.05, 0) is 31.5 Å². The van der Waals surface area contributed by atoms with Crippen LogP contribution >= 0.6 is 24.0 Å². The Morgan fingerprint density at radius 2 is 2.00 bits per heavy atom. The highest BCUT2D eigenvalue weighted by atomic mass is 127. The van der Waals surface area contributed by atoms with E-state index in [9.17, 15) is 5.11 Å². The normalized spacial score (nSPS) is 11.7. The number of oxazole rings is 1. The maximum atomic E-state index is 9.79. The van der Waals surface area contributed by atoms with E-state index < -0.39 is 0 Å². The number of ether oxygens (including phenoxy) is 1. The molecule has 2 aromatic rings. The van der Waals surface area contributed by atoms with Crippen molar-refractivity contribution in [3.05, 3.63) is 41.6 Å². The molecule has 0 fully saturated rings. The lowest BCUT2D eigenvalue weighted by atomic mass is 9.94. The third kappa shape index (κ3) is 7.21. The molecule has 0 aliphatic carbocycles. The predicted octanol–water partition coefficient (Wildman–Crippen LogP) is 3.95. The first-order valence-electron chi connectivity index (χ1n) is 9.25. The Kier molecular flexibility index (Phi) is 9.57. The summed E-state index contributed by atoms with van der Waals surface area (Å²) in [5, 5.41) is 16.2. The van der Waals surface area contributed by atoms with Crippen LogP contribution in [0.5, 0.6) is 11.5 Å². The number of phenols is 1. The van der Waals surface area contributed by atoms with Crippen LogP contribution in [0.3, 0.4) is 0 Å². The molecule has 0 unspecified atom stereocenters. The minimum absolute atomic E-state index is 0. The molecule has 1 aromatic carbocycles. The van der Waals surface area contributed by atoms with E-state index in [1.807, 2.05) is 19.9 Å². The van der Waals surface area contributed by atoms with E-state index in [0.29, 0.717) is 37.3 Å². The average Bonchev–Trinajstić information content (AvgIpc) is 3.09. The maximum absolute atomic E-state index is 9.79. The van der Waals surface area contributed by atoms with Crippen LogP contribution in [0.15, 0.2) is 33.8 Å². The smallest absolute Gasteiger partial charge is 0.213 e. The Labute approximate surface area is 184 Å². The second-order valence-electron chi connectivity index (χ2n) is 7.15. The number of nitrogens with zero attached hydrogens (tertiary/aromatic N) is 2. The van der Waals surface area contributed by atoms with Crippen LogP contribution in [0.1, 0.15) is 51.8 Å². The fraction of sp³-hybridized carbons (Fsp3) is 0.500. The molecule has 0 aliphatic rings. The van der Waals surface area contributed by atoms with Gasteiger partial charge < -0.3 is 24.9 Å². The van der Waals surface area contributed by atoms with Gasteiger partial charge in [0, 0.05) is 12.0 Å². The molecule has 7 nitrogen and oxygen atoms in total. The quantitative estimate of drug-likeness (QED) is 0.302. The van der Waals surface area contributed by atoms with E-state index in [0.717, 1.165) is 17.9 Å². The third-order valence-corrected chi connectivity index (χ3v) is 3.79. The number of guanidine groups is 1. The van der Waals surface area contributed by atoms with Gasteiger partial charge in [0.1, 0.15) is 5.76 Å². The van der Waals surface area contributed by atoms with Crippen molar-refractivity contribution < 1.29 is 14.3 Å². The largest absolute Gasteiger partial charge is 0.504 e. The van der Waals surface area contributed by atoms with Gasteiger partial charge in [-0.15, -0.1) is 24.0 Å². The van der Waals surface area contributed by atoms with Gasteiger partial charge in [0.15, 0.2) is 17.5 Å². The lowest BCUT2D eigenvalue weighted by molar-refractivity contribution is 0.318. The van der Waals surface area contributed by atoms with Crippen LogP contribution < -0.4 is 15.4 Å². The van der Waals surface area contributed by atoms with Crippen molar-refractivity contribution in [2.75, 3.05) is 13.2 Å². The van der Waals surface area contributed by atoms with Gasteiger partial charge in [0.25, 0.3) is 0 Å². The zero-order chi connectivity index (χ0) is 19.9. The number of hydrogen-bond donors (Lipinski definition) is 3. The molecule has 0 atom stereocenters. The standard InChI is InChI=1S/C20H30N4O3.HI/c1-6-21-19(24-13-18-22-12-17(27-18)20(3,4)5)23-11-14-8-9-15(25)16(10-14)26-7-2;/h8-10,12,25H,6-7,11,13H2,1-5H3,(H2,21,23,24);1H. The average molecular weight is 502 g/mol. The Bertz CT molecular complexity index is 769. The summed E-state index contributed by atoms with van der Waals surface area (Å²) in [6, 6.07) is 5.25. The van der Waals surface area contributed by atoms with Crippen LogP contribution in [0.4, 0.5) is 0 Å². The van der Waals surface area contributed by atoms with E-state index in [-0.39, 0.29) is 35.1 Å². The van der Waals surface area contributed by atoms with Crippen molar-refractivity contribution in [3.63, 3.8) is 0 Å². The van der Waals surface area contributed by atoms with Crippen LogP contribution in [0, 0.1) is 0 Å². The van der Waals surface area contributed by atoms with E-state index in [2.05, 4.69) is 41.4 Å². The van der Waals surface area contributed by atoms with E-state index in [4.69, 9.17) is 9.15 Å². The minimum Gasteiger partial charge on any atom is -0.504 e. The molecule has 0 saturated heterocycles.